The molecule has 6 N–H and O–H groups in total. The summed E-state index contributed by atoms with van der Waals surface area (Å²) in [4.78, 5) is 2.66. The second kappa shape index (κ2) is 9.02. The fourth-order valence-corrected chi connectivity index (χ4v) is 6.05. The van der Waals surface area contributed by atoms with Crippen molar-refractivity contribution in [2.24, 2.45) is 22.7 Å². The highest BCUT2D eigenvalue weighted by molar-refractivity contribution is 7.89. The molecule has 3 heterocycles. The van der Waals surface area contributed by atoms with E-state index < -0.39 is 26.7 Å². The molecule has 0 spiro atoms. The van der Waals surface area contributed by atoms with Crippen LogP contribution in [0, 0.1) is 17.2 Å². The summed E-state index contributed by atoms with van der Waals surface area (Å²) in [5.74, 6) is 0.774. The Hall–Kier alpha value is -2.94. The molecule has 2 saturated heterocycles. The van der Waals surface area contributed by atoms with Crippen LogP contribution in [0.1, 0.15) is 31.2 Å². The van der Waals surface area contributed by atoms with Crippen LogP contribution in [0.15, 0.2) is 17.0 Å². The molecule has 1 aromatic carbocycles. The molecule has 0 unspecified atom stereocenters. The number of anilines is 1. The number of nitrogens with zero attached hydrogens (tertiary/aromatic N) is 5. The Bertz CT molecular complexity index is 1140. The van der Waals surface area contributed by atoms with Crippen LogP contribution in [0.4, 0.5) is 18.9 Å². The van der Waals surface area contributed by atoms with E-state index in [0.717, 1.165) is 44.8 Å². The fourth-order valence-electron chi connectivity index (χ4n) is 5.07. The van der Waals surface area contributed by atoms with Gasteiger partial charge in [0.25, 0.3) is 0 Å². The maximum absolute atomic E-state index is 13.7. The minimum absolute atomic E-state index is 0.0793. The average Bonchev–Trinajstić information content (AvgIpc) is 3.32. The number of hydrogen-bond donors (Lipinski definition) is 4. The minimum atomic E-state index is -4.94. The number of aromatic nitrogens is 4. The molecule has 0 bridgehead atoms. The summed E-state index contributed by atoms with van der Waals surface area (Å²) in [6, 6.07) is 1.99. The number of sulfonamides is 1. The van der Waals surface area contributed by atoms with Gasteiger partial charge in [0.2, 0.25) is 10.0 Å². The smallest absolute Gasteiger partial charge is 0.371 e. The molecule has 1 aromatic heterocycles. The zero-order chi connectivity index (χ0) is 24.7. The van der Waals surface area contributed by atoms with Gasteiger partial charge in [-0.05, 0) is 60.1 Å². The van der Waals surface area contributed by atoms with Gasteiger partial charge in [0.05, 0.1) is 11.1 Å². The molecule has 11 nitrogen and oxygen atoms in total. The lowest BCUT2D eigenvalue weighted by atomic mass is 9.78. The third kappa shape index (κ3) is 4.80. The molecule has 2 aliphatic heterocycles. The largest absolute Gasteiger partial charge is 0.417 e. The van der Waals surface area contributed by atoms with Crippen LogP contribution in [0.5, 0.6) is 0 Å². The van der Waals surface area contributed by atoms with Crippen LogP contribution in [0.25, 0.3) is 11.4 Å². The number of alkyl halides is 3. The van der Waals surface area contributed by atoms with Gasteiger partial charge in [-0.15, -0.1) is 5.10 Å². The number of primary sulfonamides is 1. The van der Waals surface area contributed by atoms with E-state index in [9.17, 15) is 21.6 Å². The van der Waals surface area contributed by atoms with Crippen molar-refractivity contribution < 1.29 is 21.6 Å². The van der Waals surface area contributed by atoms with Crippen LogP contribution in [0.3, 0.4) is 0 Å². The number of hydrogen-bond acceptors (Lipinski definition) is 7. The quantitative estimate of drug-likeness (QED) is 0.359. The highest BCUT2D eigenvalue weighted by Crippen LogP contribution is 2.44. The van der Waals surface area contributed by atoms with Crippen molar-refractivity contribution in [2.75, 3.05) is 31.1 Å². The average molecular weight is 502 g/mol. The molecule has 0 atom stereocenters. The van der Waals surface area contributed by atoms with Crippen molar-refractivity contribution in [2.45, 2.75) is 36.8 Å². The van der Waals surface area contributed by atoms with E-state index in [1.54, 1.807) is 0 Å². The van der Waals surface area contributed by atoms with E-state index in [2.05, 4.69) is 20.6 Å². The Morgan fingerprint density at radius 2 is 1.68 bits per heavy atom. The van der Waals surface area contributed by atoms with Crippen molar-refractivity contribution >= 4 is 21.7 Å². The number of nitrogens with two attached hydrogens (primary N) is 2. The molecule has 0 amide bonds. The van der Waals surface area contributed by atoms with Gasteiger partial charge in [0.1, 0.15) is 4.90 Å². The van der Waals surface area contributed by atoms with E-state index in [0.29, 0.717) is 24.9 Å². The third-order valence-corrected chi connectivity index (χ3v) is 7.73. The summed E-state index contributed by atoms with van der Waals surface area (Å²) < 4.78 is 65.7. The number of aromatic amines is 1. The van der Waals surface area contributed by atoms with E-state index in [-0.39, 0.29) is 23.0 Å². The highest BCUT2D eigenvalue weighted by atomic mass is 32.2. The lowest BCUT2D eigenvalue weighted by Gasteiger charge is -2.41. The first-order chi connectivity index (χ1) is 16.0. The first-order valence-corrected chi connectivity index (χ1v) is 12.4. The van der Waals surface area contributed by atoms with Crippen LogP contribution in [-0.4, -0.2) is 66.1 Å². The van der Waals surface area contributed by atoms with Gasteiger partial charge in [-0.3, -0.25) is 5.41 Å². The number of nitrogens with one attached hydrogen (secondary N) is 2. The molecule has 4 rings (SSSR count). The van der Waals surface area contributed by atoms with Gasteiger partial charge in [0, 0.05) is 31.9 Å². The Kier molecular flexibility index (Phi) is 6.42. The normalized spacial score (nSPS) is 18.9. The van der Waals surface area contributed by atoms with Gasteiger partial charge >= 0.3 is 6.18 Å². The Morgan fingerprint density at radius 1 is 1.09 bits per heavy atom. The minimum Gasteiger partial charge on any atom is -0.371 e. The molecular weight excluding hydrogens is 475 g/mol. The lowest BCUT2D eigenvalue weighted by Crippen LogP contribution is -2.45. The number of tetrazole rings is 1. The zero-order valence-corrected chi connectivity index (χ0v) is 19.0. The first kappa shape index (κ1) is 24.2. The number of guanidine groups is 1. The van der Waals surface area contributed by atoms with Crippen LogP contribution in [-0.2, 0) is 16.2 Å². The molecule has 2 fully saturated rings. The van der Waals surface area contributed by atoms with Crippen molar-refractivity contribution in [3.8, 4) is 11.4 Å². The Labute approximate surface area is 194 Å². The van der Waals surface area contributed by atoms with Gasteiger partial charge in [-0.1, -0.05) is 0 Å². The van der Waals surface area contributed by atoms with Crippen molar-refractivity contribution in [3.05, 3.63) is 17.7 Å². The molecule has 2 aliphatic rings. The topological polar surface area (TPSA) is 171 Å². The standard InChI is InChI=1S/C19H26F3N9O2S/c20-19(21,22)13-1-2-14(15(16(13)34(25,32)33)17-26-28-29-27-17)30-7-3-11(4-8-30)12-5-9-31(10-6-12)18(23)24/h1-2,11-12H,3-10H2,(H3,23,24)(H2,25,32,33)(H,26,27,28,29). The predicted molar refractivity (Wildman–Crippen MR) is 117 cm³/mol. The molecular formula is C19H26F3N9O2S. The Balaban J connectivity index is 1.63. The van der Waals surface area contributed by atoms with Crippen LogP contribution >= 0.6 is 0 Å². The number of piperidine rings is 2. The molecule has 0 saturated carbocycles. The molecule has 15 heteroatoms. The molecule has 186 valence electrons. The highest BCUT2D eigenvalue weighted by Gasteiger charge is 2.40. The number of rotatable bonds is 4. The predicted octanol–water partition coefficient (Wildman–Crippen LogP) is 1.35. The van der Waals surface area contributed by atoms with Crippen LogP contribution in [0.2, 0.25) is 0 Å². The van der Waals surface area contributed by atoms with Crippen molar-refractivity contribution in [1.29, 1.82) is 5.41 Å². The van der Waals surface area contributed by atoms with E-state index in [1.807, 2.05) is 9.80 Å². The van der Waals surface area contributed by atoms with Crippen molar-refractivity contribution in [3.63, 3.8) is 0 Å². The lowest BCUT2D eigenvalue weighted by molar-refractivity contribution is -0.139. The number of H-pyrrole nitrogens is 1. The van der Waals surface area contributed by atoms with Crippen LogP contribution < -0.4 is 15.8 Å². The Morgan fingerprint density at radius 3 is 2.15 bits per heavy atom. The molecule has 2 aromatic rings. The number of halogens is 3. The first-order valence-electron chi connectivity index (χ1n) is 10.8. The maximum Gasteiger partial charge on any atom is 0.417 e. The van der Waals surface area contributed by atoms with E-state index >= 15 is 0 Å². The van der Waals surface area contributed by atoms with Gasteiger partial charge in [-0.25, -0.2) is 18.7 Å². The number of likely N-dealkylation sites (tertiary alicyclic amines) is 1. The molecule has 0 radical (unpaired) electrons. The zero-order valence-electron chi connectivity index (χ0n) is 18.2. The fraction of sp³-hybridized carbons (Fsp3) is 0.579. The summed E-state index contributed by atoms with van der Waals surface area (Å²) in [5.41, 5.74) is 4.20. The molecule has 0 aliphatic carbocycles. The summed E-state index contributed by atoms with van der Waals surface area (Å²) in [6.07, 6.45) is -1.50. The summed E-state index contributed by atoms with van der Waals surface area (Å²) in [5, 5.41) is 25.7. The van der Waals surface area contributed by atoms with Crippen molar-refractivity contribution in [1.82, 2.24) is 25.5 Å². The summed E-state index contributed by atoms with van der Waals surface area (Å²) in [7, 11) is -4.77. The summed E-state index contributed by atoms with van der Waals surface area (Å²) in [6.45, 7) is 2.53. The van der Waals surface area contributed by atoms with Gasteiger partial charge in [-0.2, -0.15) is 13.2 Å². The molecule has 34 heavy (non-hydrogen) atoms. The van der Waals surface area contributed by atoms with E-state index in [1.165, 1.54) is 6.07 Å². The maximum atomic E-state index is 13.7. The second-order valence-corrected chi connectivity index (χ2v) is 10.2. The van der Waals surface area contributed by atoms with Gasteiger partial charge in [0.15, 0.2) is 11.8 Å². The van der Waals surface area contributed by atoms with E-state index in [4.69, 9.17) is 16.3 Å². The second-order valence-electron chi connectivity index (χ2n) is 8.66. The SMILES string of the molecule is N=C(N)N1CCC(C2CCN(c3ccc(C(F)(F)F)c(S(N)(=O)=O)c3-c3nnn[nH]3)CC2)CC1. The third-order valence-electron chi connectivity index (χ3n) is 6.74. The summed E-state index contributed by atoms with van der Waals surface area (Å²) >= 11 is 0. The monoisotopic (exact) mass is 501 g/mol. The number of benzene rings is 1. The van der Waals surface area contributed by atoms with Gasteiger partial charge < -0.3 is 15.5 Å².